The number of aryl methyl sites for hydroxylation is 1. The molecule has 0 fully saturated rings. The van der Waals surface area contributed by atoms with Crippen LogP contribution in [0.15, 0.2) is 24.4 Å². The number of aromatic nitrogens is 2. The van der Waals surface area contributed by atoms with Crippen molar-refractivity contribution in [3.63, 3.8) is 0 Å². The molecule has 1 aromatic carbocycles. The molecule has 1 N–H and O–H groups in total. The normalized spacial score (nSPS) is 10.8. The Kier molecular flexibility index (Phi) is 4.04. The minimum atomic E-state index is -1.18. The molecule has 0 aliphatic rings. The zero-order valence-corrected chi connectivity index (χ0v) is 10.6. The Balaban J connectivity index is 2.05. The lowest BCUT2D eigenvalue weighted by molar-refractivity contribution is -0.387. The summed E-state index contributed by atoms with van der Waals surface area (Å²) in [5.74, 6) is -2.00. The highest BCUT2D eigenvalue weighted by Gasteiger charge is 2.18. The van der Waals surface area contributed by atoms with Gasteiger partial charge in [0.1, 0.15) is 5.82 Å². The predicted octanol–water partition coefficient (Wildman–Crippen LogP) is 1.90. The summed E-state index contributed by atoms with van der Waals surface area (Å²) in [6.45, 7) is 0.426. The lowest BCUT2D eigenvalue weighted by Gasteiger charge is -2.05. The summed E-state index contributed by atoms with van der Waals surface area (Å²) in [4.78, 5) is 9.72. The topological polar surface area (TPSA) is 73.0 Å². The molecule has 1 aromatic heterocycles. The third-order valence-electron chi connectivity index (χ3n) is 2.70. The van der Waals surface area contributed by atoms with Gasteiger partial charge in [0.15, 0.2) is 0 Å². The average Bonchev–Trinajstić information content (AvgIpc) is 2.77. The van der Waals surface area contributed by atoms with Crippen LogP contribution in [0, 0.1) is 21.7 Å². The number of benzene rings is 1. The van der Waals surface area contributed by atoms with Gasteiger partial charge < -0.3 is 5.32 Å². The first-order valence-electron chi connectivity index (χ1n) is 5.79. The molecule has 8 heteroatoms. The first-order valence-corrected chi connectivity index (χ1v) is 5.79. The Labute approximate surface area is 113 Å². The van der Waals surface area contributed by atoms with Crippen molar-refractivity contribution in [1.82, 2.24) is 15.1 Å². The number of halogens is 2. The van der Waals surface area contributed by atoms with E-state index in [-0.39, 0.29) is 12.1 Å². The van der Waals surface area contributed by atoms with Crippen LogP contribution in [0.25, 0.3) is 0 Å². The summed E-state index contributed by atoms with van der Waals surface area (Å²) >= 11 is 0. The number of nitrogens with zero attached hydrogens (tertiary/aromatic N) is 3. The molecule has 106 valence electrons. The standard InChI is InChI=1S/C12H12F2N4O2/c1-17-3-2-9(16-17)7-15-6-8-4-12(18(19)20)11(14)5-10(8)13/h2-5,15H,6-7H2,1H3. The number of nitro benzene ring substituents is 1. The molecular weight excluding hydrogens is 270 g/mol. The highest BCUT2D eigenvalue weighted by atomic mass is 19.1. The Bertz CT molecular complexity index is 642. The molecule has 0 aliphatic heterocycles. The maximum Gasteiger partial charge on any atom is 0.305 e. The van der Waals surface area contributed by atoms with Gasteiger partial charge in [-0.05, 0) is 6.07 Å². The van der Waals surface area contributed by atoms with Gasteiger partial charge >= 0.3 is 5.69 Å². The Hall–Kier alpha value is -2.35. The zero-order chi connectivity index (χ0) is 14.7. The molecule has 2 aromatic rings. The molecular formula is C12H12F2N4O2. The highest BCUT2D eigenvalue weighted by Crippen LogP contribution is 2.21. The Morgan fingerprint density at radius 1 is 1.35 bits per heavy atom. The second kappa shape index (κ2) is 5.74. The van der Waals surface area contributed by atoms with E-state index < -0.39 is 22.2 Å². The number of rotatable bonds is 5. The van der Waals surface area contributed by atoms with E-state index in [1.807, 2.05) is 0 Å². The van der Waals surface area contributed by atoms with E-state index in [0.717, 1.165) is 11.8 Å². The zero-order valence-electron chi connectivity index (χ0n) is 10.6. The first kappa shape index (κ1) is 14.1. The highest BCUT2D eigenvalue weighted by molar-refractivity contribution is 5.37. The summed E-state index contributed by atoms with van der Waals surface area (Å²) in [5, 5.41) is 17.6. The molecule has 0 atom stereocenters. The van der Waals surface area contributed by atoms with Crippen molar-refractivity contribution in [2.24, 2.45) is 7.05 Å². The van der Waals surface area contributed by atoms with Crippen LogP contribution in [-0.2, 0) is 20.1 Å². The van der Waals surface area contributed by atoms with Gasteiger partial charge in [0.25, 0.3) is 0 Å². The van der Waals surface area contributed by atoms with Crippen molar-refractivity contribution in [2.75, 3.05) is 0 Å². The molecule has 0 radical (unpaired) electrons. The number of nitro groups is 1. The van der Waals surface area contributed by atoms with Crippen LogP contribution in [0.2, 0.25) is 0 Å². The summed E-state index contributed by atoms with van der Waals surface area (Å²) in [5.41, 5.74) is 0.0552. The van der Waals surface area contributed by atoms with Crippen LogP contribution in [0.1, 0.15) is 11.3 Å². The van der Waals surface area contributed by atoms with Crippen molar-refractivity contribution in [3.05, 3.63) is 57.4 Å². The van der Waals surface area contributed by atoms with Crippen molar-refractivity contribution in [3.8, 4) is 0 Å². The fourth-order valence-electron chi connectivity index (χ4n) is 1.74. The molecule has 0 bridgehead atoms. The van der Waals surface area contributed by atoms with Gasteiger partial charge in [0.2, 0.25) is 5.82 Å². The maximum absolute atomic E-state index is 13.5. The fourth-order valence-corrected chi connectivity index (χ4v) is 1.74. The van der Waals surface area contributed by atoms with Gasteiger partial charge in [-0.25, -0.2) is 4.39 Å². The van der Waals surface area contributed by atoms with Gasteiger partial charge in [-0.1, -0.05) is 0 Å². The molecule has 2 rings (SSSR count). The average molecular weight is 282 g/mol. The van der Waals surface area contributed by atoms with Gasteiger partial charge in [0, 0.05) is 44.0 Å². The van der Waals surface area contributed by atoms with Crippen LogP contribution in [0.3, 0.4) is 0 Å². The van der Waals surface area contributed by atoms with E-state index in [9.17, 15) is 18.9 Å². The molecule has 20 heavy (non-hydrogen) atoms. The third-order valence-corrected chi connectivity index (χ3v) is 2.70. The molecule has 0 aliphatic carbocycles. The van der Waals surface area contributed by atoms with Crippen molar-refractivity contribution < 1.29 is 13.7 Å². The smallest absolute Gasteiger partial charge is 0.305 e. The van der Waals surface area contributed by atoms with E-state index in [1.165, 1.54) is 0 Å². The molecule has 0 saturated carbocycles. The fraction of sp³-hybridized carbons (Fsp3) is 0.250. The van der Waals surface area contributed by atoms with Gasteiger partial charge in [-0.3, -0.25) is 14.8 Å². The SMILES string of the molecule is Cn1ccc(CNCc2cc([N+](=O)[O-])c(F)cc2F)n1. The van der Waals surface area contributed by atoms with E-state index in [0.29, 0.717) is 12.6 Å². The Morgan fingerprint density at radius 3 is 2.70 bits per heavy atom. The molecule has 1 heterocycles. The summed E-state index contributed by atoms with van der Waals surface area (Å²) in [6.07, 6.45) is 1.76. The molecule has 0 amide bonds. The van der Waals surface area contributed by atoms with Crippen LogP contribution in [-0.4, -0.2) is 14.7 Å². The van der Waals surface area contributed by atoms with Crippen molar-refractivity contribution in [2.45, 2.75) is 13.1 Å². The Morgan fingerprint density at radius 2 is 2.10 bits per heavy atom. The van der Waals surface area contributed by atoms with Gasteiger partial charge in [-0.15, -0.1) is 0 Å². The van der Waals surface area contributed by atoms with Crippen LogP contribution >= 0.6 is 0 Å². The largest absolute Gasteiger partial charge is 0.307 e. The number of nitrogens with one attached hydrogen (secondary N) is 1. The number of hydrogen-bond acceptors (Lipinski definition) is 4. The van der Waals surface area contributed by atoms with Crippen LogP contribution < -0.4 is 5.32 Å². The molecule has 0 spiro atoms. The third kappa shape index (κ3) is 3.15. The molecule has 0 unspecified atom stereocenters. The molecule has 6 nitrogen and oxygen atoms in total. The minimum absolute atomic E-state index is 0.0361. The van der Waals surface area contributed by atoms with Gasteiger partial charge in [-0.2, -0.15) is 9.49 Å². The maximum atomic E-state index is 13.5. The number of hydrogen-bond donors (Lipinski definition) is 1. The van der Waals surface area contributed by atoms with Crippen LogP contribution in [0.4, 0.5) is 14.5 Å². The second-order valence-corrected chi connectivity index (χ2v) is 4.24. The van der Waals surface area contributed by atoms with E-state index in [2.05, 4.69) is 10.4 Å². The molecule has 0 saturated heterocycles. The lowest BCUT2D eigenvalue weighted by Crippen LogP contribution is -2.15. The second-order valence-electron chi connectivity index (χ2n) is 4.24. The monoisotopic (exact) mass is 282 g/mol. The lowest BCUT2D eigenvalue weighted by atomic mass is 10.1. The summed E-state index contributed by atoms with van der Waals surface area (Å²) in [7, 11) is 1.77. The van der Waals surface area contributed by atoms with Crippen molar-refractivity contribution >= 4 is 5.69 Å². The van der Waals surface area contributed by atoms with Gasteiger partial charge in [0.05, 0.1) is 10.6 Å². The van der Waals surface area contributed by atoms with E-state index >= 15 is 0 Å². The quantitative estimate of drug-likeness (QED) is 0.671. The van der Waals surface area contributed by atoms with Crippen molar-refractivity contribution in [1.29, 1.82) is 0 Å². The van der Waals surface area contributed by atoms with Crippen LogP contribution in [0.5, 0.6) is 0 Å². The summed E-state index contributed by atoms with van der Waals surface area (Å²) in [6, 6.07) is 3.21. The van der Waals surface area contributed by atoms with E-state index in [4.69, 9.17) is 0 Å². The first-order chi connectivity index (χ1) is 9.47. The predicted molar refractivity (Wildman–Crippen MR) is 66.8 cm³/mol. The minimum Gasteiger partial charge on any atom is -0.307 e. The van der Waals surface area contributed by atoms with E-state index in [1.54, 1.807) is 24.0 Å². The summed E-state index contributed by atoms with van der Waals surface area (Å²) < 4.78 is 28.3.